The summed E-state index contributed by atoms with van der Waals surface area (Å²) in [6.45, 7) is 2.35. The second kappa shape index (κ2) is 7.48. The van der Waals surface area contributed by atoms with E-state index in [-0.39, 0.29) is 23.8 Å². The van der Waals surface area contributed by atoms with Crippen molar-refractivity contribution >= 4 is 11.9 Å². The van der Waals surface area contributed by atoms with Crippen molar-refractivity contribution in [1.29, 1.82) is 0 Å². The third-order valence-electron chi connectivity index (χ3n) is 3.97. The van der Waals surface area contributed by atoms with Crippen LogP contribution in [0.25, 0.3) is 0 Å². The maximum atomic E-state index is 12.0. The lowest BCUT2D eigenvalue weighted by atomic mass is 9.69. The summed E-state index contributed by atoms with van der Waals surface area (Å²) >= 11 is 0. The zero-order chi connectivity index (χ0) is 14.3. The van der Waals surface area contributed by atoms with E-state index in [1.807, 2.05) is 6.92 Å². The first kappa shape index (κ1) is 16.0. The van der Waals surface area contributed by atoms with Crippen molar-refractivity contribution in [1.82, 2.24) is 5.32 Å². The summed E-state index contributed by atoms with van der Waals surface area (Å²) in [5.74, 6) is -0.869. The van der Waals surface area contributed by atoms with Crippen molar-refractivity contribution in [3.63, 3.8) is 0 Å². The molecule has 5 heteroatoms. The zero-order valence-electron chi connectivity index (χ0n) is 11.9. The number of carbonyl (C=O) groups is 2. The molecule has 1 atom stereocenters. The van der Waals surface area contributed by atoms with Crippen molar-refractivity contribution in [3.8, 4) is 0 Å². The minimum absolute atomic E-state index is 0.0225. The van der Waals surface area contributed by atoms with Crippen LogP contribution in [0.2, 0.25) is 0 Å². The van der Waals surface area contributed by atoms with Crippen LogP contribution < -0.4 is 5.32 Å². The first-order valence-electron chi connectivity index (χ1n) is 6.99. The van der Waals surface area contributed by atoms with Gasteiger partial charge in [0.05, 0.1) is 12.5 Å². The SMILES string of the molecule is COC(C)CNC(=O)CC1(CC(=O)O)CCCCC1. The van der Waals surface area contributed by atoms with Crippen LogP contribution >= 0.6 is 0 Å². The van der Waals surface area contributed by atoms with Gasteiger partial charge in [-0.05, 0) is 25.2 Å². The van der Waals surface area contributed by atoms with Crippen LogP contribution in [0.4, 0.5) is 0 Å². The molecule has 1 unspecified atom stereocenters. The third kappa shape index (κ3) is 5.59. The topological polar surface area (TPSA) is 75.6 Å². The Labute approximate surface area is 114 Å². The number of hydrogen-bond acceptors (Lipinski definition) is 3. The van der Waals surface area contributed by atoms with Crippen LogP contribution in [0, 0.1) is 5.41 Å². The molecule has 0 spiro atoms. The lowest BCUT2D eigenvalue weighted by molar-refractivity contribution is -0.141. The van der Waals surface area contributed by atoms with E-state index in [1.54, 1.807) is 7.11 Å². The molecule has 0 aromatic rings. The smallest absolute Gasteiger partial charge is 0.303 e. The molecule has 0 aliphatic heterocycles. The molecule has 110 valence electrons. The number of hydrogen-bond donors (Lipinski definition) is 2. The van der Waals surface area contributed by atoms with E-state index in [2.05, 4.69) is 5.32 Å². The molecule has 5 nitrogen and oxygen atoms in total. The number of ether oxygens (including phenoxy) is 1. The van der Waals surface area contributed by atoms with Gasteiger partial charge in [0, 0.05) is 20.1 Å². The summed E-state index contributed by atoms with van der Waals surface area (Å²) in [7, 11) is 1.60. The number of amides is 1. The first-order valence-corrected chi connectivity index (χ1v) is 6.99. The summed E-state index contributed by atoms with van der Waals surface area (Å²) in [6, 6.07) is 0. The minimum atomic E-state index is -0.806. The molecule has 1 rings (SSSR count). The Morgan fingerprint density at radius 1 is 1.26 bits per heavy atom. The number of aliphatic carboxylic acids is 1. The van der Waals surface area contributed by atoms with Gasteiger partial charge >= 0.3 is 5.97 Å². The minimum Gasteiger partial charge on any atom is -0.481 e. The lowest BCUT2D eigenvalue weighted by Crippen LogP contribution is -2.37. The van der Waals surface area contributed by atoms with Gasteiger partial charge in [-0.25, -0.2) is 0 Å². The Bertz CT molecular complexity index is 311. The van der Waals surface area contributed by atoms with Crippen LogP contribution in [0.5, 0.6) is 0 Å². The molecule has 0 saturated heterocycles. The van der Waals surface area contributed by atoms with Gasteiger partial charge < -0.3 is 15.2 Å². The fourth-order valence-electron chi connectivity index (χ4n) is 2.78. The van der Waals surface area contributed by atoms with E-state index in [0.29, 0.717) is 13.0 Å². The molecule has 1 fully saturated rings. The van der Waals surface area contributed by atoms with Crippen molar-refractivity contribution in [2.45, 2.75) is 58.0 Å². The van der Waals surface area contributed by atoms with Crippen molar-refractivity contribution < 1.29 is 19.4 Å². The third-order valence-corrected chi connectivity index (χ3v) is 3.97. The average Bonchev–Trinajstić information content (AvgIpc) is 2.35. The molecule has 1 amide bonds. The summed E-state index contributed by atoms with van der Waals surface area (Å²) in [5, 5.41) is 11.9. The Morgan fingerprint density at radius 2 is 1.89 bits per heavy atom. The zero-order valence-corrected chi connectivity index (χ0v) is 11.9. The highest BCUT2D eigenvalue weighted by molar-refractivity contribution is 5.78. The van der Waals surface area contributed by atoms with Crippen LogP contribution in [0.3, 0.4) is 0 Å². The number of carboxylic acid groups (broad SMARTS) is 1. The molecule has 1 aliphatic rings. The molecule has 0 aromatic carbocycles. The Kier molecular flexibility index (Phi) is 6.28. The number of rotatable bonds is 7. The molecule has 19 heavy (non-hydrogen) atoms. The number of carboxylic acids is 1. The normalized spacial score (nSPS) is 19.7. The van der Waals surface area contributed by atoms with E-state index in [1.165, 1.54) is 0 Å². The second-order valence-corrected chi connectivity index (χ2v) is 5.66. The Balaban J connectivity index is 2.52. The van der Waals surface area contributed by atoms with Gasteiger partial charge in [-0.1, -0.05) is 19.3 Å². The van der Waals surface area contributed by atoms with Gasteiger partial charge in [0.15, 0.2) is 0 Å². The fourth-order valence-corrected chi connectivity index (χ4v) is 2.78. The highest BCUT2D eigenvalue weighted by Crippen LogP contribution is 2.42. The maximum absolute atomic E-state index is 12.0. The van der Waals surface area contributed by atoms with E-state index in [0.717, 1.165) is 32.1 Å². The average molecular weight is 271 g/mol. The number of carbonyl (C=O) groups excluding carboxylic acids is 1. The van der Waals surface area contributed by atoms with Crippen molar-refractivity contribution in [3.05, 3.63) is 0 Å². The van der Waals surface area contributed by atoms with Gasteiger partial charge in [-0.2, -0.15) is 0 Å². The van der Waals surface area contributed by atoms with Crippen LogP contribution in [-0.2, 0) is 14.3 Å². The summed E-state index contributed by atoms with van der Waals surface area (Å²) in [5.41, 5.74) is -0.343. The van der Waals surface area contributed by atoms with E-state index < -0.39 is 5.97 Å². The largest absolute Gasteiger partial charge is 0.481 e. The van der Waals surface area contributed by atoms with Crippen LogP contribution in [-0.4, -0.2) is 36.7 Å². The maximum Gasteiger partial charge on any atom is 0.303 e. The molecule has 2 N–H and O–H groups in total. The molecular weight excluding hydrogens is 246 g/mol. The van der Waals surface area contributed by atoms with E-state index in [9.17, 15) is 9.59 Å². The first-order chi connectivity index (χ1) is 8.97. The highest BCUT2D eigenvalue weighted by Gasteiger charge is 2.36. The van der Waals surface area contributed by atoms with Crippen LogP contribution in [0.1, 0.15) is 51.9 Å². The Morgan fingerprint density at radius 3 is 2.42 bits per heavy atom. The highest BCUT2D eigenvalue weighted by atomic mass is 16.5. The van der Waals surface area contributed by atoms with E-state index in [4.69, 9.17) is 9.84 Å². The van der Waals surface area contributed by atoms with Gasteiger partial charge in [0.2, 0.25) is 5.91 Å². The van der Waals surface area contributed by atoms with Crippen molar-refractivity contribution in [2.24, 2.45) is 5.41 Å². The van der Waals surface area contributed by atoms with Gasteiger partial charge in [0.25, 0.3) is 0 Å². The molecule has 0 bridgehead atoms. The number of nitrogens with one attached hydrogen (secondary N) is 1. The predicted octanol–water partition coefficient (Wildman–Crippen LogP) is 1.95. The molecule has 1 aliphatic carbocycles. The van der Waals surface area contributed by atoms with Crippen molar-refractivity contribution in [2.75, 3.05) is 13.7 Å². The predicted molar refractivity (Wildman–Crippen MR) is 71.9 cm³/mol. The van der Waals surface area contributed by atoms with E-state index >= 15 is 0 Å². The quantitative estimate of drug-likeness (QED) is 0.742. The molecule has 1 saturated carbocycles. The van der Waals surface area contributed by atoms with Gasteiger partial charge in [-0.15, -0.1) is 0 Å². The lowest BCUT2D eigenvalue weighted by Gasteiger charge is -2.35. The van der Waals surface area contributed by atoms with Gasteiger partial charge in [0.1, 0.15) is 0 Å². The number of methoxy groups -OCH3 is 1. The Hall–Kier alpha value is -1.10. The fraction of sp³-hybridized carbons (Fsp3) is 0.857. The van der Waals surface area contributed by atoms with Crippen LogP contribution in [0.15, 0.2) is 0 Å². The summed E-state index contributed by atoms with van der Waals surface area (Å²) in [6.07, 6.45) is 5.26. The molecule has 0 aromatic heterocycles. The summed E-state index contributed by atoms with van der Waals surface area (Å²) in [4.78, 5) is 23.0. The standard InChI is InChI=1S/C14H25NO4/c1-11(19-2)10-15-12(16)8-14(9-13(17)18)6-4-3-5-7-14/h11H,3-10H2,1-2H3,(H,15,16)(H,17,18). The molecule has 0 heterocycles. The monoisotopic (exact) mass is 271 g/mol. The van der Waals surface area contributed by atoms with Gasteiger partial charge in [-0.3, -0.25) is 9.59 Å². The molecular formula is C14H25NO4. The second-order valence-electron chi connectivity index (χ2n) is 5.66. The molecule has 0 radical (unpaired) electrons. The summed E-state index contributed by atoms with van der Waals surface area (Å²) < 4.78 is 5.07.